The highest BCUT2D eigenvalue weighted by molar-refractivity contribution is 5.91. The number of anilines is 1. The molecule has 0 radical (unpaired) electrons. The highest BCUT2D eigenvalue weighted by atomic mass is 16.2. The van der Waals surface area contributed by atoms with E-state index < -0.39 is 0 Å². The molecule has 1 unspecified atom stereocenters. The van der Waals surface area contributed by atoms with Crippen LogP contribution in [0.1, 0.15) is 57.6 Å². The Labute approximate surface area is 128 Å². The highest BCUT2D eigenvalue weighted by Gasteiger charge is 2.25. The number of urea groups is 1. The summed E-state index contributed by atoms with van der Waals surface area (Å²) in [5, 5.41) is 3.20. The quantitative estimate of drug-likeness (QED) is 0.862. The molecule has 2 rings (SSSR count). The molecule has 1 aliphatic rings. The predicted molar refractivity (Wildman–Crippen MR) is 88.9 cm³/mol. The van der Waals surface area contributed by atoms with Crippen LogP contribution < -0.4 is 5.32 Å². The summed E-state index contributed by atoms with van der Waals surface area (Å²) in [4.78, 5) is 14.7. The summed E-state index contributed by atoms with van der Waals surface area (Å²) in [6, 6.07) is 6.79. The largest absolute Gasteiger partial charge is 0.322 e. The van der Waals surface area contributed by atoms with Gasteiger partial charge in [0.05, 0.1) is 0 Å². The van der Waals surface area contributed by atoms with Crippen molar-refractivity contribution >= 4 is 11.7 Å². The number of likely N-dealkylation sites (tertiary alicyclic amines) is 1. The molecule has 116 valence electrons. The third kappa shape index (κ3) is 3.58. The van der Waals surface area contributed by atoms with Gasteiger partial charge in [-0.1, -0.05) is 39.0 Å². The molecule has 0 bridgehead atoms. The van der Waals surface area contributed by atoms with Crippen molar-refractivity contribution in [3.63, 3.8) is 0 Å². The molecular formula is C18H28N2O. The second-order valence-electron chi connectivity index (χ2n) is 5.84. The molecule has 1 atom stereocenters. The van der Waals surface area contributed by atoms with Gasteiger partial charge in [0.1, 0.15) is 0 Å². The van der Waals surface area contributed by atoms with E-state index in [0.29, 0.717) is 6.04 Å². The summed E-state index contributed by atoms with van der Waals surface area (Å²) < 4.78 is 0. The number of amides is 2. The summed E-state index contributed by atoms with van der Waals surface area (Å²) in [6.07, 6.45) is 6.44. The minimum atomic E-state index is 0.0807. The number of piperidine rings is 1. The van der Waals surface area contributed by atoms with Crippen LogP contribution in [0.4, 0.5) is 10.5 Å². The fourth-order valence-electron chi connectivity index (χ4n) is 3.27. The maximum absolute atomic E-state index is 12.7. The predicted octanol–water partition coefficient (Wildman–Crippen LogP) is 4.61. The Hall–Kier alpha value is -1.51. The van der Waals surface area contributed by atoms with Crippen LogP contribution in [0.2, 0.25) is 0 Å². The van der Waals surface area contributed by atoms with Gasteiger partial charge in [-0.2, -0.15) is 0 Å². The Balaban J connectivity index is 2.18. The zero-order chi connectivity index (χ0) is 15.2. The number of aryl methyl sites for hydroxylation is 2. The zero-order valence-electron chi connectivity index (χ0n) is 13.6. The van der Waals surface area contributed by atoms with Gasteiger partial charge in [0.25, 0.3) is 0 Å². The molecule has 1 aromatic carbocycles. The van der Waals surface area contributed by atoms with Crippen LogP contribution in [-0.2, 0) is 12.8 Å². The van der Waals surface area contributed by atoms with Crippen LogP contribution in [0.15, 0.2) is 18.2 Å². The van der Waals surface area contributed by atoms with E-state index in [1.54, 1.807) is 0 Å². The minimum Gasteiger partial charge on any atom is -0.322 e. The molecule has 0 spiro atoms. The average Bonchev–Trinajstić information content (AvgIpc) is 2.54. The van der Waals surface area contributed by atoms with E-state index >= 15 is 0 Å². The Bertz CT molecular complexity index is 462. The van der Waals surface area contributed by atoms with Crippen LogP contribution in [-0.4, -0.2) is 23.5 Å². The summed E-state index contributed by atoms with van der Waals surface area (Å²) >= 11 is 0. The Kier molecular flexibility index (Phi) is 5.66. The van der Waals surface area contributed by atoms with Crippen LogP contribution in [0, 0.1) is 0 Å². The average molecular weight is 288 g/mol. The van der Waals surface area contributed by atoms with Crippen LogP contribution in [0.5, 0.6) is 0 Å². The first-order valence-electron chi connectivity index (χ1n) is 8.39. The van der Waals surface area contributed by atoms with Crippen molar-refractivity contribution in [3.05, 3.63) is 29.3 Å². The molecule has 0 aromatic heterocycles. The fraction of sp³-hybridized carbons (Fsp3) is 0.611. The molecular weight excluding hydrogens is 260 g/mol. The van der Waals surface area contributed by atoms with Gasteiger partial charge in [0.15, 0.2) is 0 Å². The van der Waals surface area contributed by atoms with E-state index in [1.165, 1.54) is 17.5 Å². The van der Waals surface area contributed by atoms with E-state index in [1.807, 2.05) is 4.90 Å². The third-order valence-electron chi connectivity index (χ3n) is 4.59. The van der Waals surface area contributed by atoms with Crippen molar-refractivity contribution in [1.29, 1.82) is 0 Å². The van der Waals surface area contributed by atoms with E-state index in [2.05, 4.69) is 44.3 Å². The lowest BCUT2D eigenvalue weighted by Crippen LogP contribution is -2.45. The molecule has 1 aliphatic heterocycles. The standard InChI is InChI=1S/C18H28N2O/c1-4-14-10-9-11-15(5-2)17(14)19-18(21)20-13-8-7-12-16(20)6-3/h9-11,16H,4-8,12-13H2,1-3H3,(H,19,21). The SMILES string of the molecule is CCc1cccc(CC)c1NC(=O)N1CCCCC1CC. The number of benzene rings is 1. The zero-order valence-corrected chi connectivity index (χ0v) is 13.6. The summed E-state index contributed by atoms with van der Waals surface area (Å²) in [6.45, 7) is 7.34. The van der Waals surface area contributed by atoms with E-state index in [9.17, 15) is 4.79 Å². The molecule has 1 aromatic rings. The number of nitrogens with zero attached hydrogens (tertiary/aromatic N) is 1. The van der Waals surface area contributed by atoms with Crippen molar-refractivity contribution in [1.82, 2.24) is 4.90 Å². The van der Waals surface area contributed by atoms with Gasteiger partial charge < -0.3 is 10.2 Å². The van der Waals surface area contributed by atoms with E-state index in [-0.39, 0.29) is 6.03 Å². The van der Waals surface area contributed by atoms with Crippen molar-refractivity contribution in [3.8, 4) is 0 Å². The van der Waals surface area contributed by atoms with Crippen molar-refractivity contribution in [2.24, 2.45) is 0 Å². The molecule has 1 heterocycles. The van der Waals surface area contributed by atoms with Crippen LogP contribution in [0.25, 0.3) is 0 Å². The number of carbonyl (C=O) groups is 1. The first kappa shape index (κ1) is 15.9. The number of nitrogens with one attached hydrogen (secondary N) is 1. The van der Waals surface area contributed by atoms with Crippen molar-refractivity contribution in [2.45, 2.75) is 65.3 Å². The number of para-hydroxylation sites is 1. The van der Waals surface area contributed by atoms with Gasteiger partial charge in [-0.3, -0.25) is 0 Å². The van der Waals surface area contributed by atoms with Crippen LogP contribution in [0.3, 0.4) is 0 Å². The first-order valence-corrected chi connectivity index (χ1v) is 8.39. The highest BCUT2D eigenvalue weighted by Crippen LogP contribution is 2.25. The smallest absolute Gasteiger partial charge is 0.322 e. The Morgan fingerprint density at radius 1 is 1.19 bits per heavy atom. The Morgan fingerprint density at radius 2 is 1.86 bits per heavy atom. The molecule has 0 saturated carbocycles. The molecule has 0 aliphatic carbocycles. The molecule has 1 N–H and O–H groups in total. The molecule has 1 fully saturated rings. The fourth-order valence-corrected chi connectivity index (χ4v) is 3.27. The van der Waals surface area contributed by atoms with Gasteiger partial charge in [-0.25, -0.2) is 4.79 Å². The van der Waals surface area contributed by atoms with E-state index in [4.69, 9.17) is 0 Å². The van der Waals surface area contributed by atoms with Crippen molar-refractivity contribution < 1.29 is 4.79 Å². The second kappa shape index (κ2) is 7.48. The number of hydrogen-bond donors (Lipinski definition) is 1. The third-order valence-corrected chi connectivity index (χ3v) is 4.59. The molecule has 3 heteroatoms. The maximum Gasteiger partial charge on any atom is 0.322 e. The lowest BCUT2D eigenvalue weighted by atomic mass is 10.00. The van der Waals surface area contributed by atoms with Gasteiger partial charge in [0, 0.05) is 18.3 Å². The second-order valence-corrected chi connectivity index (χ2v) is 5.84. The number of carbonyl (C=O) groups excluding carboxylic acids is 1. The van der Waals surface area contributed by atoms with Gasteiger partial charge in [-0.15, -0.1) is 0 Å². The molecule has 1 saturated heterocycles. The van der Waals surface area contributed by atoms with Crippen LogP contribution >= 0.6 is 0 Å². The topological polar surface area (TPSA) is 32.3 Å². The number of rotatable bonds is 4. The Morgan fingerprint density at radius 3 is 2.43 bits per heavy atom. The van der Waals surface area contributed by atoms with Crippen molar-refractivity contribution in [2.75, 3.05) is 11.9 Å². The molecule has 2 amide bonds. The van der Waals surface area contributed by atoms with Gasteiger partial charge in [0.2, 0.25) is 0 Å². The van der Waals surface area contributed by atoms with E-state index in [0.717, 1.165) is 44.3 Å². The summed E-state index contributed by atoms with van der Waals surface area (Å²) in [5.41, 5.74) is 3.49. The minimum absolute atomic E-state index is 0.0807. The lowest BCUT2D eigenvalue weighted by molar-refractivity contribution is 0.160. The molecule has 3 nitrogen and oxygen atoms in total. The lowest BCUT2D eigenvalue weighted by Gasteiger charge is -2.35. The normalized spacial score (nSPS) is 18.6. The summed E-state index contributed by atoms with van der Waals surface area (Å²) in [5.74, 6) is 0. The summed E-state index contributed by atoms with van der Waals surface area (Å²) in [7, 11) is 0. The maximum atomic E-state index is 12.7. The van der Waals surface area contributed by atoms with Gasteiger partial charge in [-0.05, 0) is 49.7 Å². The van der Waals surface area contributed by atoms with Gasteiger partial charge >= 0.3 is 6.03 Å². The number of hydrogen-bond acceptors (Lipinski definition) is 1. The first-order chi connectivity index (χ1) is 10.2. The monoisotopic (exact) mass is 288 g/mol. The molecule has 21 heavy (non-hydrogen) atoms.